The van der Waals surface area contributed by atoms with Crippen LogP contribution >= 0.6 is 0 Å². The van der Waals surface area contributed by atoms with Gasteiger partial charge in [0, 0.05) is 37.9 Å². The molecule has 0 saturated carbocycles. The molecule has 32 heavy (non-hydrogen) atoms. The van der Waals surface area contributed by atoms with Gasteiger partial charge in [0.05, 0.1) is 23.8 Å². The van der Waals surface area contributed by atoms with Crippen LogP contribution in [-0.4, -0.2) is 53.8 Å². The van der Waals surface area contributed by atoms with Crippen molar-refractivity contribution in [2.45, 2.75) is 0 Å². The van der Waals surface area contributed by atoms with Crippen LogP contribution in [0.15, 0.2) is 53.7 Å². The molecule has 0 atom stereocenters. The molecule has 0 bridgehead atoms. The van der Waals surface area contributed by atoms with E-state index >= 15 is 0 Å². The zero-order chi connectivity index (χ0) is 22.3. The van der Waals surface area contributed by atoms with Crippen LogP contribution in [0, 0.1) is 5.82 Å². The Hall–Kier alpha value is -4.05. The summed E-state index contributed by atoms with van der Waals surface area (Å²) in [5.74, 6) is -0.503. The van der Waals surface area contributed by atoms with Crippen molar-refractivity contribution in [2.75, 3.05) is 41.7 Å². The highest BCUT2D eigenvalue weighted by atomic mass is 19.1. The van der Waals surface area contributed by atoms with Gasteiger partial charge in [0.2, 0.25) is 5.95 Å². The summed E-state index contributed by atoms with van der Waals surface area (Å²) < 4.78 is 14.3. The van der Waals surface area contributed by atoms with Crippen molar-refractivity contribution in [1.29, 1.82) is 0 Å². The average molecular weight is 435 g/mol. The van der Waals surface area contributed by atoms with Crippen LogP contribution < -0.4 is 20.9 Å². The fourth-order valence-corrected chi connectivity index (χ4v) is 3.39. The lowest BCUT2D eigenvalue weighted by atomic mass is 10.2. The van der Waals surface area contributed by atoms with Gasteiger partial charge >= 0.3 is 0 Å². The summed E-state index contributed by atoms with van der Waals surface area (Å²) in [6.07, 6.45) is 2.85. The van der Waals surface area contributed by atoms with Crippen LogP contribution in [0.1, 0.15) is 0 Å². The van der Waals surface area contributed by atoms with Crippen molar-refractivity contribution in [3.05, 3.63) is 54.5 Å². The summed E-state index contributed by atoms with van der Waals surface area (Å²) >= 11 is 0. The molecule has 1 aliphatic heterocycles. The number of rotatable bonds is 7. The number of aliphatic imine (C=N–C) groups is 1. The van der Waals surface area contributed by atoms with Gasteiger partial charge in [-0.05, 0) is 24.3 Å². The normalized spacial score (nSPS) is 13.8. The van der Waals surface area contributed by atoms with Crippen molar-refractivity contribution >= 4 is 47.0 Å². The first-order chi connectivity index (χ1) is 15.6. The van der Waals surface area contributed by atoms with E-state index in [1.807, 2.05) is 12.1 Å². The van der Waals surface area contributed by atoms with E-state index in [-0.39, 0.29) is 17.5 Å². The van der Waals surface area contributed by atoms with Gasteiger partial charge < -0.3 is 26.0 Å². The summed E-state index contributed by atoms with van der Waals surface area (Å²) in [5, 5.41) is 18.8. The first-order valence-electron chi connectivity index (χ1n) is 10.1. The molecule has 1 aromatic heterocycles. The molecule has 9 nitrogen and oxygen atoms in total. The van der Waals surface area contributed by atoms with Gasteiger partial charge in [-0.3, -0.25) is 4.79 Å². The lowest BCUT2D eigenvalue weighted by molar-refractivity contribution is -0.102. The standard InChI is InChI=1S/C22H22FN7O2/c23-17-14-26-22(29-21(17)27-15-3-1-4-16(32)13-15)28-18-5-2-6-19(20(18)25-9-12-31)30-10-7-24-8-11-30/h1-6,9,12-14,24,32H,7-8,10-11H2,(H2,26,27,28,29). The minimum Gasteiger partial charge on any atom is -0.508 e. The van der Waals surface area contributed by atoms with Gasteiger partial charge in [0.1, 0.15) is 11.4 Å². The second kappa shape index (κ2) is 9.84. The number of hydrogen-bond donors (Lipinski definition) is 4. The molecule has 10 heteroatoms. The predicted molar refractivity (Wildman–Crippen MR) is 122 cm³/mol. The first-order valence-corrected chi connectivity index (χ1v) is 10.1. The van der Waals surface area contributed by atoms with E-state index in [0.29, 0.717) is 23.3 Å². The van der Waals surface area contributed by atoms with Gasteiger partial charge in [0.25, 0.3) is 0 Å². The molecule has 3 aromatic rings. The summed E-state index contributed by atoms with van der Waals surface area (Å²) in [7, 11) is 0. The number of carbonyl (C=O) groups is 1. The van der Waals surface area contributed by atoms with Gasteiger partial charge in [0.15, 0.2) is 17.9 Å². The summed E-state index contributed by atoms with van der Waals surface area (Å²) in [4.78, 5) is 25.7. The lowest BCUT2D eigenvalue weighted by Gasteiger charge is -2.31. The molecule has 0 amide bonds. The maximum Gasteiger partial charge on any atom is 0.229 e. The number of nitrogens with zero attached hydrogens (tertiary/aromatic N) is 4. The molecule has 4 rings (SSSR count). The lowest BCUT2D eigenvalue weighted by Crippen LogP contribution is -2.43. The third-order valence-corrected chi connectivity index (χ3v) is 4.84. The number of phenols is 1. The van der Waals surface area contributed by atoms with Crippen LogP contribution in [0.3, 0.4) is 0 Å². The molecule has 0 radical (unpaired) electrons. The maximum absolute atomic E-state index is 14.3. The molecule has 0 spiro atoms. The fourth-order valence-electron chi connectivity index (χ4n) is 3.39. The molecule has 2 heterocycles. The Morgan fingerprint density at radius 1 is 1.16 bits per heavy atom. The third-order valence-electron chi connectivity index (χ3n) is 4.84. The van der Waals surface area contributed by atoms with Crippen molar-refractivity contribution in [3.63, 3.8) is 0 Å². The Kier molecular flexibility index (Phi) is 6.52. The zero-order valence-corrected chi connectivity index (χ0v) is 17.1. The molecule has 2 aromatic carbocycles. The largest absolute Gasteiger partial charge is 0.508 e. The molecule has 1 aliphatic rings. The number of aldehydes is 1. The number of benzene rings is 2. The first kappa shape index (κ1) is 21.2. The maximum atomic E-state index is 14.3. The second-order valence-corrected chi connectivity index (χ2v) is 7.02. The van der Waals surface area contributed by atoms with Gasteiger partial charge in [-0.15, -0.1) is 0 Å². The molecular weight excluding hydrogens is 413 g/mol. The predicted octanol–water partition coefficient (Wildman–Crippen LogP) is 3.12. The van der Waals surface area contributed by atoms with E-state index in [2.05, 4.69) is 35.8 Å². The molecule has 0 unspecified atom stereocenters. The van der Waals surface area contributed by atoms with E-state index in [1.54, 1.807) is 18.2 Å². The zero-order valence-electron chi connectivity index (χ0n) is 17.1. The highest BCUT2D eigenvalue weighted by Gasteiger charge is 2.17. The SMILES string of the molecule is O=CC=Nc1c(Nc2ncc(F)c(Nc3cccc(O)c3)n2)cccc1N1CCNCC1. The van der Waals surface area contributed by atoms with Crippen molar-refractivity contribution < 1.29 is 14.3 Å². The quantitative estimate of drug-likeness (QED) is 0.331. The number of phenolic OH excluding ortho intramolecular Hbond substituents is 1. The number of nitrogens with one attached hydrogen (secondary N) is 3. The Morgan fingerprint density at radius 3 is 2.75 bits per heavy atom. The number of anilines is 5. The molecular formula is C22H22FN7O2. The molecule has 4 N–H and O–H groups in total. The van der Waals surface area contributed by atoms with Crippen molar-refractivity contribution in [3.8, 4) is 5.75 Å². The highest BCUT2D eigenvalue weighted by Crippen LogP contribution is 2.37. The van der Waals surface area contributed by atoms with Crippen molar-refractivity contribution in [2.24, 2.45) is 4.99 Å². The minimum atomic E-state index is -0.646. The number of halogens is 1. The molecule has 1 saturated heterocycles. The monoisotopic (exact) mass is 435 g/mol. The number of piperazine rings is 1. The summed E-state index contributed by atoms with van der Waals surface area (Å²) in [6, 6.07) is 11.9. The fraction of sp³-hybridized carbons (Fsp3) is 0.182. The third kappa shape index (κ3) is 4.98. The van der Waals surface area contributed by atoms with Crippen LogP contribution in [-0.2, 0) is 4.79 Å². The highest BCUT2D eigenvalue weighted by molar-refractivity contribution is 6.14. The van der Waals surface area contributed by atoms with E-state index in [4.69, 9.17) is 0 Å². The Balaban J connectivity index is 1.64. The van der Waals surface area contributed by atoms with Gasteiger partial charge in [-0.1, -0.05) is 12.1 Å². The van der Waals surface area contributed by atoms with E-state index < -0.39 is 5.82 Å². The van der Waals surface area contributed by atoms with Crippen LogP contribution in [0.5, 0.6) is 5.75 Å². The van der Waals surface area contributed by atoms with Crippen LogP contribution in [0.2, 0.25) is 0 Å². The van der Waals surface area contributed by atoms with Gasteiger partial charge in [-0.25, -0.2) is 14.4 Å². The van der Waals surface area contributed by atoms with Gasteiger partial charge in [-0.2, -0.15) is 4.98 Å². The summed E-state index contributed by atoms with van der Waals surface area (Å²) in [5.41, 5.74) is 2.49. The minimum absolute atomic E-state index is 0.0465. The average Bonchev–Trinajstić information content (AvgIpc) is 2.81. The second-order valence-electron chi connectivity index (χ2n) is 7.02. The van der Waals surface area contributed by atoms with Crippen LogP contribution in [0.25, 0.3) is 0 Å². The Bertz CT molecular complexity index is 1130. The number of aromatic hydroxyl groups is 1. The summed E-state index contributed by atoms with van der Waals surface area (Å²) in [6.45, 7) is 3.30. The number of para-hydroxylation sites is 1. The Labute approximate surface area is 184 Å². The molecule has 164 valence electrons. The number of carbonyl (C=O) groups excluding carboxylic acids is 1. The van der Waals surface area contributed by atoms with E-state index in [9.17, 15) is 14.3 Å². The van der Waals surface area contributed by atoms with Crippen LogP contribution in [0.4, 0.5) is 38.9 Å². The number of aromatic nitrogens is 2. The Morgan fingerprint density at radius 2 is 1.97 bits per heavy atom. The van der Waals surface area contributed by atoms with E-state index in [1.165, 1.54) is 18.3 Å². The molecule has 1 fully saturated rings. The number of hydrogen-bond acceptors (Lipinski definition) is 9. The van der Waals surface area contributed by atoms with Crippen molar-refractivity contribution in [1.82, 2.24) is 15.3 Å². The van der Waals surface area contributed by atoms with E-state index in [0.717, 1.165) is 38.1 Å². The molecule has 0 aliphatic carbocycles. The topological polar surface area (TPSA) is 115 Å². The smallest absolute Gasteiger partial charge is 0.229 e.